The Morgan fingerprint density at radius 1 is 1.10 bits per heavy atom. The maximum atomic E-state index is 11.3. The molecule has 0 heterocycles. The van der Waals surface area contributed by atoms with E-state index in [1.807, 2.05) is 43.3 Å². The van der Waals surface area contributed by atoms with Crippen LogP contribution >= 0.6 is 0 Å². The Morgan fingerprint density at radius 2 is 1.81 bits per heavy atom. The van der Waals surface area contributed by atoms with E-state index < -0.39 is 10.0 Å². The average Bonchev–Trinajstić information content (AvgIpc) is 2.40. The van der Waals surface area contributed by atoms with Crippen molar-refractivity contribution < 1.29 is 8.42 Å². The van der Waals surface area contributed by atoms with Gasteiger partial charge in [-0.15, -0.1) is 0 Å². The predicted octanol–water partition coefficient (Wildman–Crippen LogP) is 1.73. The first kappa shape index (κ1) is 15.1. The summed E-state index contributed by atoms with van der Waals surface area (Å²) in [5.74, 6) is 0. The minimum atomic E-state index is -3.75. The maximum Gasteiger partial charge on any atom is 0.238 e. The fourth-order valence-corrected chi connectivity index (χ4v) is 2.40. The Labute approximate surface area is 124 Å². The summed E-state index contributed by atoms with van der Waals surface area (Å²) in [6.45, 7) is 0. The molecule has 0 spiro atoms. The Bertz CT molecular complexity index is 757. The van der Waals surface area contributed by atoms with Gasteiger partial charge in [-0.25, -0.2) is 13.6 Å². The van der Waals surface area contributed by atoms with Crippen molar-refractivity contribution in [2.75, 3.05) is 30.0 Å². The molecule has 2 aromatic carbocycles. The lowest BCUT2D eigenvalue weighted by atomic mass is 10.2. The fraction of sp³-hybridized carbons (Fsp3) is 0.143. The van der Waals surface area contributed by atoms with Crippen LogP contribution in [0.5, 0.6) is 0 Å². The minimum absolute atomic E-state index is 0.00686. The number of nitrogens with two attached hydrogens (primary N) is 2. The molecule has 0 saturated heterocycles. The molecule has 6 nitrogen and oxygen atoms in total. The highest BCUT2D eigenvalue weighted by molar-refractivity contribution is 7.89. The lowest BCUT2D eigenvalue weighted by Crippen LogP contribution is -2.12. The van der Waals surface area contributed by atoms with E-state index in [9.17, 15) is 8.42 Å². The summed E-state index contributed by atoms with van der Waals surface area (Å²) in [5.41, 5.74) is 8.71. The lowest BCUT2D eigenvalue weighted by molar-refractivity contribution is 0.598. The van der Waals surface area contributed by atoms with E-state index in [1.165, 1.54) is 12.1 Å². The number of hydrogen-bond donors (Lipinski definition) is 3. The third-order valence-electron chi connectivity index (χ3n) is 2.99. The molecule has 5 N–H and O–H groups in total. The third-order valence-corrected chi connectivity index (χ3v) is 3.90. The second kappa shape index (κ2) is 5.63. The van der Waals surface area contributed by atoms with Gasteiger partial charge in [0, 0.05) is 25.5 Å². The molecule has 0 aliphatic rings. The van der Waals surface area contributed by atoms with Crippen LogP contribution in [0.4, 0.5) is 22.7 Å². The van der Waals surface area contributed by atoms with Gasteiger partial charge in [0.1, 0.15) is 0 Å². The molecule has 7 heteroatoms. The minimum Gasteiger partial charge on any atom is -0.397 e. The first-order chi connectivity index (χ1) is 9.77. The second-order valence-electron chi connectivity index (χ2n) is 4.86. The second-order valence-corrected chi connectivity index (χ2v) is 6.43. The summed E-state index contributed by atoms with van der Waals surface area (Å²) in [5, 5.41) is 8.23. The summed E-state index contributed by atoms with van der Waals surface area (Å²) >= 11 is 0. The van der Waals surface area contributed by atoms with E-state index in [2.05, 4.69) is 5.32 Å². The number of rotatable bonds is 4. The van der Waals surface area contributed by atoms with E-state index in [-0.39, 0.29) is 4.90 Å². The quantitative estimate of drug-likeness (QED) is 0.747. The summed E-state index contributed by atoms with van der Waals surface area (Å²) in [6.07, 6.45) is 0. The molecule has 0 saturated carbocycles. The summed E-state index contributed by atoms with van der Waals surface area (Å²) in [4.78, 5) is 1.98. The van der Waals surface area contributed by atoms with Gasteiger partial charge in [-0.2, -0.15) is 0 Å². The Balaban J connectivity index is 2.30. The Hall–Kier alpha value is -2.25. The number of anilines is 4. The van der Waals surface area contributed by atoms with Gasteiger partial charge in [-0.3, -0.25) is 0 Å². The third kappa shape index (κ3) is 3.65. The number of hydrogen-bond acceptors (Lipinski definition) is 5. The predicted molar refractivity (Wildman–Crippen MR) is 86.3 cm³/mol. The molecule has 21 heavy (non-hydrogen) atoms. The van der Waals surface area contributed by atoms with Gasteiger partial charge in [-0.1, -0.05) is 6.07 Å². The normalized spacial score (nSPS) is 11.2. The molecule has 0 aliphatic carbocycles. The lowest BCUT2D eigenvalue weighted by Gasteiger charge is -2.15. The molecule has 0 radical (unpaired) electrons. The van der Waals surface area contributed by atoms with Crippen molar-refractivity contribution in [3.05, 3.63) is 42.5 Å². The highest BCUT2D eigenvalue weighted by Crippen LogP contribution is 2.27. The highest BCUT2D eigenvalue weighted by Gasteiger charge is 2.10. The standard InChI is InChI=1S/C14H18N4O2S/c1-18(2)11-5-3-4-10(8-11)17-14-7-6-12(9-13(14)15)21(16,19)20/h3-9,17H,15H2,1-2H3,(H2,16,19,20). The average molecular weight is 306 g/mol. The fourth-order valence-electron chi connectivity index (χ4n) is 1.85. The molecular weight excluding hydrogens is 288 g/mol. The monoisotopic (exact) mass is 306 g/mol. The summed E-state index contributed by atoms with van der Waals surface area (Å²) < 4.78 is 22.5. The number of benzene rings is 2. The van der Waals surface area contributed by atoms with E-state index in [4.69, 9.17) is 10.9 Å². The first-order valence-corrected chi connectivity index (χ1v) is 7.79. The van der Waals surface area contributed by atoms with E-state index in [1.54, 1.807) is 6.07 Å². The van der Waals surface area contributed by atoms with Crippen molar-refractivity contribution in [3.63, 3.8) is 0 Å². The van der Waals surface area contributed by atoms with Crippen LogP contribution in [-0.2, 0) is 10.0 Å². The summed E-state index contributed by atoms with van der Waals surface area (Å²) in [7, 11) is 0.158. The number of nitrogen functional groups attached to an aromatic ring is 1. The van der Waals surface area contributed by atoms with Crippen LogP contribution in [0.1, 0.15) is 0 Å². The molecule has 0 aromatic heterocycles. The van der Waals surface area contributed by atoms with E-state index >= 15 is 0 Å². The molecule has 2 aromatic rings. The number of nitrogens with zero attached hydrogens (tertiary/aromatic N) is 1. The largest absolute Gasteiger partial charge is 0.397 e. The zero-order valence-corrected chi connectivity index (χ0v) is 12.7. The smallest absolute Gasteiger partial charge is 0.238 e. The highest BCUT2D eigenvalue weighted by atomic mass is 32.2. The van der Waals surface area contributed by atoms with Gasteiger partial charge in [-0.05, 0) is 36.4 Å². The number of sulfonamides is 1. The van der Waals surface area contributed by atoms with Gasteiger partial charge in [0.2, 0.25) is 10.0 Å². The van der Waals surface area contributed by atoms with Crippen molar-refractivity contribution in [1.29, 1.82) is 0 Å². The Morgan fingerprint density at radius 3 is 2.38 bits per heavy atom. The van der Waals surface area contributed by atoms with Crippen LogP contribution in [0.25, 0.3) is 0 Å². The maximum absolute atomic E-state index is 11.3. The van der Waals surface area contributed by atoms with Crippen LogP contribution < -0.4 is 21.1 Å². The summed E-state index contributed by atoms with van der Waals surface area (Å²) in [6, 6.07) is 12.1. The van der Waals surface area contributed by atoms with E-state index in [0.29, 0.717) is 11.4 Å². The van der Waals surface area contributed by atoms with Crippen LogP contribution in [0, 0.1) is 0 Å². The van der Waals surface area contributed by atoms with Crippen molar-refractivity contribution in [1.82, 2.24) is 0 Å². The zero-order chi connectivity index (χ0) is 15.6. The molecule has 0 unspecified atom stereocenters. The topological polar surface area (TPSA) is 101 Å². The molecule has 2 rings (SSSR count). The van der Waals surface area contributed by atoms with Gasteiger partial charge >= 0.3 is 0 Å². The molecule has 0 bridgehead atoms. The molecule has 112 valence electrons. The van der Waals surface area contributed by atoms with Crippen molar-refractivity contribution in [3.8, 4) is 0 Å². The zero-order valence-electron chi connectivity index (χ0n) is 11.9. The van der Waals surface area contributed by atoms with Crippen LogP contribution in [0.3, 0.4) is 0 Å². The van der Waals surface area contributed by atoms with Gasteiger partial charge in [0.05, 0.1) is 16.3 Å². The van der Waals surface area contributed by atoms with Gasteiger partial charge in [0.15, 0.2) is 0 Å². The van der Waals surface area contributed by atoms with Crippen molar-refractivity contribution in [2.24, 2.45) is 5.14 Å². The molecule has 0 amide bonds. The van der Waals surface area contributed by atoms with Crippen molar-refractivity contribution >= 4 is 32.8 Å². The van der Waals surface area contributed by atoms with E-state index in [0.717, 1.165) is 11.4 Å². The molecule has 0 fully saturated rings. The van der Waals surface area contributed by atoms with Crippen LogP contribution in [0.15, 0.2) is 47.4 Å². The van der Waals surface area contributed by atoms with Gasteiger partial charge in [0.25, 0.3) is 0 Å². The SMILES string of the molecule is CN(C)c1cccc(Nc2ccc(S(N)(=O)=O)cc2N)c1. The Kier molecular flexibility index (Phi) is 4.06. The molecule has 0 atom stereocenters. The van der Waals surface area contributed by atoms with Gasteiger partial charge < -0.3 is 16.0 Å². The molecule has 0 aliphatic heterocycles. The van der Waals surface area contributed by atoms with Crippen molar-refractivity contribution in [2.45, 2.75) is 4.90 Å². The van der Waals surface area contributed by atoms with Crippen LogP contribution in [0.2, 0.25) is 0 Å². The first-order valence-electron chi connectivity index (χ1n) is 6.24. The number of nitrogens with one attached hydrogen (secondary N) is 1. The molecular formula is C14H18N4O2S. The van der Waals surface area contributed by atoms with Crippen LogP contribution in [-0.4, -0.2) is 22.5 Å². The number of primary sulfonamides is 1.